The number of hydrogen-bond acceptors (Lipinski definition) is 1. The molecule has 0 aliphatic heterocycles. The van der Waals surface area contributed by atoms with E-state index in [1.165, 1.54) is 0 Å². The minimum atomic E-state index is -0.0293. The van der Waals surface area contributed by atoms with Crippen molar-refractivity contribution in [3.05, 3.63) is 34.3 Å². The molecule has 0 heterocycles. The Hall–Kier alpha value is -0.0400. The Bertz CT molecular complexity index is 330. The summed E-state index contributed by atoms with van der Waals surface area (Å²) in [5.74, 6) is 0. The van der Waals surface area contributed by atoms with Crippen LogP contribution in [-0.2, 0) is 0 Å². The highest BCUT2D eigenvalue weighted by Gasteiger charge is 2.10. The van der Waals surface area contributed by atoms with Gasteiger partial charge in [-0.2, -0.15) is 5.26 Å². The number of hydrogen-bond donors (Lipinski definition) is 0. The van der Waals surface area contributed by atoms with Gasteiger partial charge in [-0.05, 0) is 11.6 Å². The van der Waals surface area contributed by atoms with Gasteiger partial charge in [0.15, 0.2) is 0 Å². The van der Waals surface area contributed by atoms with Crippen molar-refractivity contribution in [3.63, 3.8) is 0 Å². The lowest BCUT2D eigenvalue weighted by molar-refractivity contribution is 1.36. The van der Waals surface area contributed by atoms with Gasteiger partial charge >= 0.3 is 0 Å². The molecule has 0 amide bonds. The lowest BCUT2D eigenvalue weighted by atomic mass is 10.1. The molecule has 1 aromatic carbocycles. The predicted octanol–water partition coefficient (Wildman–Crippen LogP) is 4.00. The van der Waals surface area contributed by atoms with E-state index in [1.54, 1.807) is 6.07 Å². The summed E-state index contributed by atoms with van der Waals surface area (Å²) in [6, 6.07) is 7.41. The molecule has 0 fully saturated rings. The van der Waals surface area contributed by atoms with E-state index in [9.17, 15) is 0 Å². The van der Waals surface area contributed by atoms with Crippen LogP contribution < -0.4 is 0 Å². The van der Waals surface area contributed by atoms with E-state index in [4.69, 9.17) is 16.9 Å². The van der Waals surface area contributed by atoms with Crippen molar-refractivity contribution >= 4 is 43.5 Å². The Morgan fingerprint density at radius 2 is 2.08 bits per heavy atom. The van der Waals surface area contributed by atoms with Crippen molar-refractivity contribution in [1.82, 2.24) is 0 Å². The van der Waals surface area contributed by atoms with Gasteiger partial charge in [0.25, 0.3) is 0 Å². The molecule has 62 valence electrons. The summed E-state index contributed by atoms with van der Waals surface area (Å²) in [6.45, 7) is 0. The van der Waals surface area contributed by atoms with Gasteiger partial charge in [-0.15, -0.1) is 0 Å². The molecular formula is C8H4Br2ClN. The number of nitrogens with zero attached hydrogens (tertiary/aromatic N) is 1. The van der Waals surface area contributed by atoms with E-state index >= 15 is 0 Å². The highest BCUT2D eigenvalue weighted by Crippen LogP contribution is 2.33. The van der Waals surface area contributed by atoms with Crippen molar-refractivity contribution < 1.29 is 0 Å². The number of halogens is 3. The molecule has 1 aromatic rings. The number of benzene rings is 1. The molecule has 0 spiro atoms. The van der Waals surface area contributed by atoms with E-state index in [0.29, 0.717) is 10.6 Å². The second kappa shape index (κ2) is 4.27. The van der Waals surface area contributed by atoms with Crippen LogP contribution >= 0.6 is 43.5 Å². The lowest BCUT2D eigenvalue weighted by Gasteiger charge is -2.04. The Labute approximate surface area is 92.6 Å². The van der Waals surface area contributed by atoms with E-state index in [-0.39, 0.29) is 3.74 Å². The normalized spacial score (nSPS) is 9.92. The van der Waals surface area contributed by atoms with E-state index in [2.05, 4.69) is 37.9 Å². The maximum atomic E-state index is 8.77. The summed E-state index contributed by atoms with van der Waals surface area (Å²) in [7, 11) is 0. The zero-order valence-electron chi connectivity index (χ0n) is 5.89. The smallest absolute Gasteiger partial charge is 0.101 e. The third-order valence-corrected chi connectivity index (χ3v) is 2.69. The molecular weight excluding hydrogens is 305 g/mol. The van der Waals surface area contributed by atoms with Gasteiger partial charge in [0.1, 0.15) is 6.07 Å². The van der Waals surface area contributed by atoms with Gasteiger partial charge in [-0.3, -0.25) is 0 Å². The highest BCUT2D eigenvalue weighted by atomic mass is 79.9. The highest BCUT2D eigenvalue weighted by molar-refractivity contribution is 9.24. The first-order valence-corrected chi connectivity index (χ1v) is 5.34. The largest absolute Gasteiger partial charge is 0.192 e. The minimum Gasteiger partial charge on any atom is -0.192 e. The van der Waals surface area contributed by atoms with E-state index in [1.807, 2.05) is 12.1 Å². The van der Waals surface area contributed by atoms with Crippen molar-refractivity contribution in [2.45, 2.75) is 3.74 Å². The lowest BCUT2D eigenvalue weighted by Crippen LogP contribution is -1.88. The summed E-state index contributed by atoms with van der Waals surface area (Å²) in [4.78, 5) is 0. The first-order chi connectivity index (χ1) is 5.66. The van der Waals surface area contributed by atoms with Crippen LogP contribution in [0.3, 0.4) is 0 Å². The second-order valence-corrected chi connectivity index (χ2v) is 5.58. The average molecular weight is 309 g/mol. The fraction of sp³-hybridized carbons (Fsp3) is 0.125. The Morgan fingerprint density at radius 3 is 2.50 bits per heavy atom. The average Bonchev–Trinajstić information content (AvgIpc) is 2.03. The molecule has 0 bridgehead atoms. The summed E-state index contributed by atoms with van der Waals surface area (Å²) in [5.41, 5.74) is 1.36. The Kier molecular flexibility index (Phi) is 3.57. The fourth-order valence-electron chi connectivity index (χ4n) is 0.841. The van der Waals surface area contributed by atoms with Crippen LogP contribution in [0.2, 0.25) is 5.02 Å². The van der Waals surface area contributed by atoms with Crippen LogP contribution in [-0.4, -0.2) is 0 Å². The molecule has 0 atom stereocenters. The van der Waals surface area contributed by atoms with Gasteiger partial charge < -0.3 is 0 Å². The second-order valence-electron chi connectivity index (χ2n) is 2.12. The molecule has 0 aliphatic rings. The quantitative estimate of drug-likeness (QED) is 0.719. The van der Waals surface area contributed by atoms with Gasteiger partial charge in [0.2, 0.25) is 0 Å². The van der Waals surface area contributed by atoms with Crippen LogP contribution in [0.15, 0.2) is 18.2 Å². The molecule has 0 saturated carbocycles. The SMILES string of the molecule is N#Cc1c(Cl)cccc1C(Br)Br. The third kappa shape index (κ3) is 2.01. The van der Waals surface area contributed by atoms with Crippen LogP contribution in [0, 0.1) is 11.3 Å². The summed E-state index contributed by atoms with van der Waals surface area (Å²) in [5, 5.41) is 9.26. The van der Waals surface area contributed by atoms with Crippen molar-refractivity contribution in [1.29, 1.82) is 5.26 Å². The standard InChI is InChI=1S/C8H4Br2ClN/c9-8(10)5-2-1-3-7(11)6(5)4-12/h1-3,8H. The molecule has 0 aliphatic carbocycles. The van der Waals surface area contributed by atoms with E-state index in [0.717, 1.165) is 5.56 Å². The molecule has 0 aromatic heterocycles. The molecule has 0 N–H and O–H groups in total. The summed E-state index contributed by atoms with van der Waals surface area (Å²) < 4.78 is -0.0293. The first-order valence-electron chi connectivity index (χ1n) is 3.13. The fourth-order valence-corrected chi connectivity index (χ4v) is 1.83. The monoisotopic (exact) mass is 307 g/mol. The van der Waals surface area contributed by atoms with Gasteiger partial charge in [-0.1, -0.05) is 55.6 Å². The maximum Gasteiger partial charge on any atom is 0.101 e. The topological polar surface area (TPSA) is 23.8 Å². The zero-order chi connectivity index (χ0) is 9.14. The summed E-state index contributed by atoms with van der Waals surface area (Å²) >= 11 is 12.4. The van der Waals surface area contributed by atoms with Crippen LogP contribution in [0.4, 0.5) is 0 Å². The van der Waals surface area contributed by atoms with Crippen molar-refractivity contribution in [2.75, 3.05) is 0 Å². The summed E-state index contributed by atoms with van der Waals surface area (Å²) in [6.07, 6.45) is 0. The van der Waals surface area contributed by atoms with E-state index < -0.39 is 0 Å². The van der Waals surface area contributed by atoms with Gasteiger partial charge in [0.05, 0.1) is 14.3 Å². The Morgan fingerprint density at radius 1 is 1.42 bits per heavy atom. The van der Waals surface area contributed by atoms with Crippen LogP contribution in [0.5, 0.6) is 0 Å². The molecule has 0 unspecified atom stereocenters. The first kappa shape index (κ1) is 10.0. The Balaban J connectivity index is 3.30. The molecule has 0 radical (unpaired) electrons. The van der Waals surface area contributed by atoms with Gasteiger partial charge in [-0.25, -0.2) is 0 Å². The molecule has 12 heavy (non-hydrogen) atoms. The number of rotatable bonds is 1. The molecule has 1 nitrogen and oxygen atoms in total. The maximum absolute atomic E-state index is 8.77. The molecule has 0 saturated heterocycles. The van der Waals surface area contributed by atoms with Crippen LogP contribution in [0.1, 0.15) is 14.9 Å². The predicted molar refractivity (Wildman–Crippen MR) is 56.8 cm³/mol. The van der Waals surface area contributed by atoms with Crippen LogP contribution in [0.25, 0.3) is 0 Å². The molecule has 1 rings (SSSR count). The van der Waals surface area contributed by atoms with Crippen molar-refractivity contribution in [2.24, 2.45) is 0 Å². The number of alkyl halides is 2. The van der Waals surface area contributed by atoms with Crippen molar-refractivity contribution in [3.8, 4) is 6.07 Å². The number of nitriles is 1. The van der Waals surface area contributed by atoms with Gasteiger partial charge in [0, 0.05) is 0 Å². The minimum absolute atomic E-state index is 0.0293. The zero-order valence-corrected chi connectivity index (χ0v) is 9.82. The third-order valence-electron chi connectivity index (χ3n) is 1.39. The molecule has 4 heteroatoms.